The SMILES string of the molecule is CCOC(=O)c1cc(Cl)c(C(=N)C(C)C)c(NC2CCCCC2)n1. The van der Waals surface area contributed by atoms with Crippen LogP contribution in [0.2, 0.25) is 5.02 Å². The molecule has 0 aromatic carbocycles. The van der Waals surface area contributed by atoms with E-state index < -0.39 is 5.97 Å². The third-order valence-corrected chi connectivity index (χ3v) is 4.55. The number of aromatic nitrogens is 1. The minimum atomic E-state index is -0.492. The van der Waals surface area contributed by atoms with Crippen molar-refractivity contribution in [1.29, 1.82) is 5.41 Å². The van der Waals surface area contributed by atoms with E-state index in [-0.39, 0.29) is 18.2 Å². The van der Waals surface area contributed by atoms with Crippen LogP contribution in [0.1, 0.15) is 68.9 Å². The molecule has 2 N–H and O–H groups in total. The number of nitrogens with zero attached hydrogens (tertiary/aromatic N) is 1. The fourth-order valence-electron chi connectivity index (χ4n) is 2.91. The van der Waals surface area contributed by atoms with Crippen LogP contribution in [0.5, 0.6) is 0 Å². The first kappa shape index (κ1) is 18.7. The lowest BCUT2D eigenvalue weighted by molar-refractivity contribution is 0.0519. The van der Waals surface area contributed by atoms with E-state index in [0.29, 0.717) is 28.2 Å². The number of hydrogen-bond donors (Lipinski definition) is 2. The summed E-state index contributed by atoms with van der Waals surface area (Å²) in [4.78, 5) is 16.5. The summed E-state index contributed by atoms with van der Waals surface area (Å²) in [6, 6.07) is 1.80. The van der Waals surface area contributed by atoms with E-state index >= 15 is 0 Å². The fourth-order valence-corrected chi connectivity index (χ4v) is 3.21. The highest BCUT2D eigenvalue weighted by atomic mass is 35.5. The zero-order valence-electron chi connectivity index (χ0n) is 14.6. The third kappa shape index (κ3) is 4.47. The lowest BCUT2D eigenvalue weighted by Gasteiger charge is -2.25. The van der Waals surface area contributed by atoms with Gasteiger partial charge in [0.2, 0.25) is 0 Å². The first-order chi connectivity index (χ1) is 11.4. The predicted molar refractivity (Wildman–Crippen MR) is 97.4 cm³/mol. The fraction of sp³-hybridized carbons (Fsp3) is 0.611. The quantitative estimate of drug-likeness (QED) is 0.576. The van der Waals surface area contributed by atoms with Gasteiger partial charge < -0.3 is 15.5 Å². The highest BCUT2D eigenvalue weighted by Gasteiger charge is 2.23. The summed E-state index contributed by atoms with van der Waals surface area (Å²) in [5, 5.41) is 12.1. The molecule has 0 atom stereocenters. The van der Waals surface area contributed by atoms with Gasteiger partial charge in [0.15, 0.2) is 5.69 Å². The molecule has 0 aliphatic heterocycles. The maximum atomic E-state index is 12.0. The van der Waals surface area contributed by atoms with Crippen molar-refractivity contribution in [3.63, 3.8) is 0 Å². The van der Waals surface area contributed by atoms with Gasteiger partial charge in [-0.25, -0.2) is 9.78 Å². The minimum absolute atomic E-state index is 0.0182. The highest BCUT2D eigenvalue weighted by molar-refractivity contribution is 6.35. The Labute approximate surface area is 148 Å². The van der Waals surface area contributed by atoms with E-state index in [2.05, 4.69) is 10.3 Å². The van der Waals surface area contributed by atoms with Crippen LogP contribution < -0.4 is 5.32 Å². The van der Waals surface area contributed by atoms with E-state index in [1.165, 1.54) is 25.3 Å². The van der Waals surface area contributed by atoms with Gasteiger partial charge in [-0.3, -0.25) is 0 Å². The third-order valence-electron chi connectivity index (χ3n) is 4.25. The van der Waals surface area contributed by atoms with Crippen molar-refractivity contribution in [2.45, 2.75) is 58.9 Å². The van der Waals surface area contributed by atoms with Crippen LogP contribution in [0, 0.1) is 11.3 Å². The Morgan fingerprint density at radius 2 is 2.08 bits per heavy atom. The molecule has 1 fully saturated rings. The number of carbonyl (C=O) groups excluding carboxylic acids is 1. The minimum Gasteiger partial charge on any atom is -0.461 e. The molecular weight excluding hydrogens is 326 g/mol. The molecular formula is C18H26ClN3O2. The van der Waals surface area contributed by atoms with E-state index in [4.69, 9.17) is 21.7 Å². The lowest BCUT2D eigenvalue weighted by Crippen LogP contribution is -2.26. The molecule has 0 radical (unpaired) electrons. The Hall–Kier alpha value is -1.62. The number of rotatable bonds is 6. The summed E-state index contributed by atoms with van der Waals surface area (Å²) in [6.45, 7) is 5.93. The average Bonchev–Trinajstić information content (AvgIpc) is 2.55. The molecule has 5 nitrogen and oxygen atoms in total. The topological polar surface area (TPSA) is 75.1 Å². The molecule has 1 heterocycles. The van der Waals surface area contributed by atoms with Crippen molar-refractivity contribution >= 4 is 29.1 Å². The standard InChI is InChI=1S/C18H26ClN3O2/c1-4-24-18(23)14-10-13(19)15(16(20)11(2)3)17(22-14)21-12-8-6-5-7-9-12/h10-12,20H,4-9H2,1-3H3,(H,21,22). The molecule has 1 aromatic heterocycles. The van der Waals surface area contributed by atoms with Gasteiger partial charge in [0, 0.05) is 11.8 Å². The highest BCUT2D eigenvalue weighted by Crippen LogP contribution is 2.30. The molecule has 0 unspecified atom stereocenters. The summed E-state index contributed by atoms with van der Waals surface area (Å²) < 4.78 is 5.03. The number of pyridine rings is 1. The predicted octanol–water partition coefficient (Wildman–Crippen LogP) is 4.68. The van der Waals surface area contributed by atoms with Gasteiger partial charge in [-0.05, 0) is 31.7 Å². The molecule has 24 heavy (non-hydrogen) atoms. The summed E-state index contributed by atoms with van der Waals surface area (Å²) in [5.74, 6) is 0.0505. The van der Waals surface area contributed by atoms with E-state index in [9.17, 15) is 4.79 Å². The van der Waals surface area contributed by atoms with Gasteiger partial charge in [-0.1, -0.05) is 44.7 Å². The van der Waals surface area contributed by atoms with Crippen LogP contribution in [0.3, 0.4) is 0 Å². The molecule has 0 spiro atoms. The van der Waals surface area contributed by atoms with Gasteiger partial charge in [0.05, 0.1) is 17.2 Å². The Balaban J connectivity index is 2.40. The van der Waals surface area contributed by atoms with Gasteiger partial charge in [0.1, 0.15) is 5.82 Å². The van der Waals surface area contributed by atoms with Crippen molar-refractivity contribution in [3.8, 4) is 0 Å². The van der Waals surface area contributed by atoms with Gasteiger partial charge in [-0.15, -0.1) is 0 Å². The molecule has 2 rings (SSSR count). The number of hydrogen-bond acceptors (Lipinski definition) is 5. The average molecular weight is 352 g/mol. The van der Waals surface area contributed by atoms with Crippen molar-refractivity contribution in [1.82, 2.24) is 4.98 Å². The van der Waals surface area contributed by atoms with Crippen molar-refractivity contribution in [3.05, 3.63) is 22.3 Å². The monoisotopic (exact) mass is 351 g/mol. The molecule has 1 saturated carbocycles. The van der Waals surface area contributed by atoms with Crippen LogP contribution in [0.4, 0.5) is 5.82 Å². The Morgan fingerprint density at radius 3 is 2.67 bits per heavy atom. The summed E-state index contributed by atoms with van der Waals surface area (Å²) >= 11 is 6.41. The van der Waals surface area contributed by atoms with Crippen LogP contribution >= 0.6 is 11.6 Å². The first-order valence-corrected chi connectivity index (χ1v) is 9.04. The molecule has 0 saturated heterocycles. The zero-order valence-corrected chi connectivity index (χ0v) is 15.4. The smallest absolute Gasteiger partial charge is 0.357 e. The molecule has 6 heteroatoms. The zero-order chi connectivity index (χ0) is 17.7. The normalized spacial score (nSPS) is 15.4. The van der Waals surface area contributed by atoms with Crippen LogP contribution in [0.15, 0.2) is 6.07 Å². The van der Waals surface area contributed by atoms with Gasteiger partial charge in [0.25, 0.3) is 0 Å². The van der Waals surface area contributed by atoms with Crippen molar-refractivity contribution < 1.29 is 9.53 Å². The second kappa shape index (κ2) is 8.47. The van der Waals surface area contributed by atoms with Crippen LogP contribution in [0.25, 0.3) is 0 Å². The summed E-state index contributed by atoms with van der Waals surface area (Å²) in [5.41, 5.74) is 1.19. The van der Waals surface area contributed by atoms with Crippen LogP contribution in [-0.4, -0.2) is 29.3 Å². The molecule has 1 aliphatic rings. The Kier molecular flexibility index (Phi) is 6.60. The lowest BCUT2D eigenvalue weighted by atomic mass is 9.94. The number of anilines is 1. The molecule has 0 amide bonds. The van der Waals surface area contributed by atoms with Crippen LogP contribution in [-0.2, 0) is 4.74 Å². The number of ether oxygens (including phenoxy) is 1. The number of nitrogens with one attached hydrogen (secondary N) is 2. The molecule has 1 aliphatic carbocycles. The second-order valence-electron chi connectivity index (χ2n) is 6.48. The van der Waals surface area contributed by atoms with Crippen molar-refractivity contribution in [2.24, 2.45) is 5.92 Å². The maximum Gasteiger partial charge on any atom is 0.357 e. The van der Waals surface area contributed by atoms with E-state index in [1.54, 1.807) is 6.92 Å². The maximum absolute atomic E-state index is 12.0. The molecule has 0 bridgehead atoms. The molecule has 132 valence electrons. The molecule has 1 aromatic rings. The Morgan fingerprint density at radius 1 is 1.42 bits per heavy atom. The number of halogens is 1. The van der Waals surface area contributed by atoms with Crippen molar-refractivity contribution in [2.75, 3.05) is 11.9 Å². The number of carbonyl (C=O) groups is 1. The van der Waals surface area contributed by atoms with E-state index in [1.807, 2.05) is 13.8 Å². The summed E-state index contributed by atoms with van der Waals surface area (Å²) in [6.07, 6.45) is 5.75. The largest absolute Gasteiger partial charge is 0.461 e. The Bertz CT molecular complexity index is 611. The van der Waals surface area contributed by atoms with Gasteiger partial charge in [-0.2, -0.15) is 0 Å². The number of esters is 1. The van der Waals surface area contributed by atoms with E-state index in [0.717, 1.165) is 12.8 Å². The van der Waals surface area contributed by atoms with Gasteiger partial charge >= 0.3 is 5.97 Å². The first-order valence-electron chi connectivity index (χ1n) is 8.67. The summed E-state index contributed by atoms with van der Waals surface area (Å²) in [7, 11) is 0. The second-order valence-corrected chi connectivity index (χ2v) is 6.89.